The number of carbonyl (C=O) groups excluding carboxylic acids is 1. The van der Waals surface area contributed by atoms with Gasteiger partial charge in [0, 0.05) is 71.3 Å². The molecule has 21 heteroatoms. The van der Waals surface area contributed by atoms with Crippen LogP contribution in [0.25, 0.3) is 10.9 Å². The number of fused-ring (bicyclic) bond motifs is 1. The number of amides is 1. The maximum Gasteiger partial charge on any atom is 0.269 e. The number of hydrogen-bond acceptors (Lipinski definition) is 13. The van der Waals surface area contributed by atoms with Crippen molar-refractivity contribution in [1.82, 2.24) is 25.7 Å². The van der Waals surface area contributed by atoms with Crippen LogP contribution in [0.15, 0.2) is 215 Å². The van der Waals surface area contributed by atoms with Crippen LogP contribution in [0.4, 0.5) is 5.69 Å². The van der Waals surface area contributed by atoms with Gasteiger partial charge in [0.15, 0.2) is 5.03 Å². The number of hydrazine groups is 1. The summed E-state index contributed by atoms with van der Waals surface area (Å²) in [6.07, 6.45) is 17.5. The molecule has 0 aliphatic heterocycles. The Hall–Kier alpha value is -7.60. The lowest BCUT2D eigenvalue weighted by molar-refractivity contribution is -0.525. The number of aromatic hydroxyl groups is 1. The van der Waals surface area contributed by atoms with Crippen LogP contribution in [-0.4, -0.2) is 65.8 Å². The van der Waals surface area contributed by atoms with Crippen molar-refractivity contribution >= 4 is 109 Å². The van der Waals surface area contributed by atoms with Crippen LogP contribution in [-0.2, 0) is 61.9 Å². The van der Waals surface area contributed by atoms with E-state index in [0.29, 0.717) is 12.3 Å². The Morgan fingerprint density at radius 3 is 1.52 bits per heavy atom. The van der Waals surface area contributed by atoms with Crippen molar-refractivity contribution in [3.8, 4) is 5.75 Å². The Kier molecular flexibility index (Phi) is 98.8. The molecule has 6 N–H and O–H groups in total. The molecule has 0 aliphatic rings. The number of carbonyl (C=O) groups is 1. The molecule has 0 radical (unpaired) electrons. The van der Waals surface area contributed by atoms with E-state index in [1.165, 1.54) is 99.6 Å². The maximum atomic E-state index is 10.2. The van der Waals surface area contributed by atoms with Gasteiger partial charge in [-0.1, -0.05) is 296 Å². The van der Waals surface area contributed by atoms with Gasteiger partial charge in [-0.2, -0.15) is 23.1 Å². The summed E-state index contributed by atoms with van der Waals surface area (Å²) >= 11 is 14.9. The van der Waals surface area contributed by atoms with E-state index in [-0.39, 0.29) is 96.7 Å². The summed E-state index contributed by atoms with van der Waals surface area (Å²) < 4.78 is 0.928. The molecular weight excluding hydrogens is 1590 g/mol. The quantitative estimate of drug-likeness (QED) is 0.00913. The summed E-state index contributed by atoms with van der Waals surface area (Å²) in [5, 5.41) is 39.6. The third kappa shape index (κ3) is 68.9. The number of unbranched alkanes of at least 4 members (excludes halogenated alkanes) is 1. The van der Waals surface area contributed by atoms with Crippen molar-refractivity contribution in [2.45, 2.75) is 234 Å². The first-order chi connectivity index (χ1) is 48.8. The molecule has 0 fully saturated rings. The van der Waals surface area contributed by atoms with Gasteiger partial charge in [-0.15, -0.1) is 23.1 Å². The molecule has 0 saturated heterocycles. The van der Waals surface area contributed by atoms with Gasteiger partial charge < -0.3 is 21.1 Å². The molecule has 6 aromatic carbocycles. The number of halogens is 2. The number of H-pyrrole nitrogens is 1. The predicted octanol–water partition coefficient (Wildman–Crippen LogP) is 28.7. The van der Waals surface area contributed by atoms with E-state index in [0.717, 1.165) is 82.9 Å². The van der Waals surface area contributed by atoms with Crippen LogP contribution in [0, 0.1) is 23.8 Å². The highest BCUT2D eigenvalue weighted by molar-refractivity contribution is 14.1. The minimum atomic E-state index is -0.731. The number of non-ortho nitro benzene ring substituents is 1. The minimum Gasteiger partial charge on any atom is -0.507 e. The van der Waals surface area contributed by atoms with Crippen molar-refractivity contribution in [3.63, 3.8) is 0 Å². The average Bonchev–Trinajstić information content (AvgIpc) is 1.70. The predicted molar refractivity (Wildman–Crippen MR) is 514 cm³/mol. The lowest BCUT2D eigenvalue weighted by Crippen LogP contribution is -2.36. The smallest absolute Gasteiger partial charge is 0.269 e. The zero-order chi connectivity index (χ0) is 75.1. The number of pyridine rings is 1. The number of aliphatic imine (C=N–C) groups is 1. The Morgan fingerprint density at radius 1 is 0.595 bits per heavy atom. The van der Waals surface area contributed by atoms with Crippen molar-refractivity contribution in [2.24, 2.45) is 10.7 Å². The second-order valence-corrected chi connectivity index (χ2v) is 27.0. The third-order valence-electron chi connectivity index (χ3n) is 13.6. The van der Waals surface area contributed by atoms with E-state index in [4.69, 9.17) is 22.4 Å². The van der Waals surface area contributed by atoms with Gasteiger partial charge in [-0.25, -0.2) is 20.1 Å². The van der Waals surface area contributed by atoms with Crippen molar-refractivity contribution < 1.29 is 19.9 Å². The summed E-state index contributed by atoms with van der Waals surface area (Å²) in [4.78, 5) is 44.7. The molecule has 0 saturated carbocycles. The van der Waals surface area contributed by atoms with Crippen molar-refractivity contribution in [3.05, 3.63) is 289 Å². The highest BCUT2D eigenvalue weighted by Crippen LogP contribution is 2.21. The van der Waals surface area contributed by atoms with Gasteiger partial charge in [-0.3, -0.25) is 19.9 Å². The van der Waals surface area contributed by atoms with E-state index < -0.39 is 5.03 Å². The van der Waals surface area contributed by atoms with Gasteiger partial charge in [0.25, 0.3) is 11.6 Å². The number of rotatable bonds is 20. The number of nitro groups is 2. The van der Waals surface area contributed by atoms with E-state index in [9.17, 15) is 25.0 Å². The van der Waals surface area contributed by atoms with Gasteiger partial charge in [0.2, 0.25) is 5.91 Å². The van der Waals surface area contributed by atoms with Crippen LogP contribution in [0.2, 0.25) is 5.02 Å². The molecule has 10 aromatic rings. The molecular formula is C90H149ClIN9O6S4. The Balaban J connectivity index is -0.000000109. The second-order valence-electron chi connectivity index (χ2n) is 21.4. The number of guanidine groups is 1. The number of benzene rings is 6. The molecule has 10 rings (SSSR count). The van der Waals surface area contributed by atoms with Crippen LogP contribution in [0.1, 0.15) is 227 Å². The van der Waals surface area contributed by atoms with E-state index >= 15 is 0 Å². The number of nitrogens with two attached hydrogens (primary N) is 1. The number of hydrogen-bond donors (Lipinski definition) is 5. The highest BCUT2D eigenvalue weighted by Gasteiger charge is 2.03. The molecule has 628 valence electrons. The normalized spacial score (nSPS) is 8.86. The number of nitrogens with zero attached hydrogens (tertiary/aromatic N) is 5. The monoisotopic (exact) mass is 1740 g/mol. The summed E-state index contributed by atoms with van der Waals surface area (Å²) in [7, 11) is 0. The standard InChI is InChI=1S/C10H11N.C9H12S.C9H12.C8H9Cl.C8H9IO.C8H9NO2.C7H9N.C6H8S.C5H12N4O2.C5H11NOS.C5H7NS.10CH4/c1-2-8-7-11-10-6-4-3-5-9(8)10;1-2-10-8-9-6-4-3-5-7-9;1-2-6-9-7-4-3-5-8-9;1-2-7-3-5-8(9)6-4-7;1-2-6-3-4-8(10)7(9)5-6;1-2-7-3-5-8(6-4-7)9(10)11;1-2-7-4-3-5-8-6-7;1-2-6-3-4-7-5-6;1-2-3-4-7-5(6)8-9(10)11;1-3-8-4-6-5(2)7;1-2-5-3-7-4-6-5;;;;;;;;;;/h3-7,11H,2H2,1H3;3-7H,2,8H2,1H3;3-5,7-8H,2,6H2,1H3;3-6H,2H2,1H3;3-5,10H,2H2,1H3;3-6H,2H2,1H3;3-6H,2H2,1H3;3-5H,2H2,1H3;2-4H2,1H3,(H3,6,7,8);3-4H2,1-2H3,(H,6,7);3-4H,2H2,1H3;10*1H4. The van der Waals surface area contributed by atoms with E-state index in [2.05, 4.69) is 230 Å². The molecule has 0 atom stereocenters. The molecule has 111 heavy (non-hydrogen) atoms. The highest BCUT2D eigenvalue weighted by atomic mass is 127. The number of thioether (sulfide) groups is 2. The lowest BCUT2D eigenvalue weighted by Gasteiger charge is -1.98. The molecule has 1 amide bonds. The van der Waals surface area contributed by atoms with Crippen LogP contribution >= 0.6 is 80.4 Å². The number of phenols is 1. The summed E-state index contributed by atoms with van der Waals surface area (Å²) in [5.74, 6) is 4.44. The van der Waals surface area contributed by atoms with E-state index in [1.54, 1.807) is 64.3 Å². The molecule has 0 spiro atoms. The van der Waals surface area contributed by atoms with Crippen molar-refractivity contribution in [1.29, 1.82) is 0 Å². The van der Waals surface area contributed by atoms with Crippen molar-refractivity contribution in [2.75, 3.05) is 23.9 Å². The average molecular weight is 1740 g/mol. The number of aromatic nitrogens is 3. The van der Waals surface area contributed by atoms with Crippen LogP contribution < -0.4 is 16.5 Å². The fourth-order valence-corrected chi connectivity index (χ4v) is 11.0. The summed E-state index contributed by atoms with van der Waals surface area (Å²) in [6, 6.07) is 55.9. The number of phenolic OH excluding ortho intramolecular Hbond substituents is 1. The fraction of sp³-hybridized carbons (Fsp3) is 0.422. The Labute approximate surface area is 712 Å². The zero-order valence-corrected chi connectivity index (χ0v) is 67.4. The first kappa shape index (κ1) is 127. The maximum absolute atomic E-state index is 10.2. The number of nitro benzene ring substituents is 1. The summed E-state index contributed by atoms with van der Waals surface area (Å²) in [6.45, 7) is 25.3. The first-order valence-corrected chi connectivity index (χ1v) is 39.9. The lowest BCUT2D eigenvalue weighted by atomic mass is 10.1. The minimum absolute atomic E-state index is 0. The SMILES string of the molecule is C.C.C.C.C.C.C.C.C.C.CCCCN=C(N)N[N+](=O)[O-].CCCc1ccccc1.CCSCNC(C)=O.CCSCc1ccccc1.CCc1c[nH]c2ccccc12.CCc1ccc(Cl)cc1.CCc1ccc(O)c(I)c1.CCc1ccc([N+](=O)[O-])cc1.CCc1cccnc1.CCc1ccsc1.CCc1cscn1. The molecule has 4 aromatic heterocycles. The van der Waals surface area contributed by atoms with E-state index in [1.807, 2.05) is 79.8 Å². The molecule has 0 aliphatic carbocycles. The number of aryl methyl sites for hydroxylation is 8. The summed E-state index contributed by atoms with van der Waals surface area (Å²) in [5.41, 5.74) is 22.1. The molecule has 0 bridgehead atoms. The third-order valence-corrected chi connectivity index (χ3v) is 17.8. The van der Waals surface area contributed by atoms with Gasteiger partial charge in [-0.05, 0) is 190 Å². The molecule has 4 heterocycles. The largest absolute Gasteiger partial charge is 0.507 e. The first-order valence-electron chi connectivity index (χ1n) is 34.3. The number of thiazole rings is 1. The second kappa shape index (κ2) is 86.4. The number of aromatic amines is 1. The number of para-hydroxylation sites is 1. The van der Waals surface area contributed by atoms with Gasteiger partial charge in [0.1, 0.15) is 5.75 Å². The van der Waals surface area contributed by atoms with Gasteiger partial charge >= 0.3 is 0 Å². The number of thiophene rings is 1. The molecule has 15 nitrogen and oxygen atoms in total. The van der Waals surface area contributed by atoms with Gasteiger partial charge in [0.05, 0.1) is 25.6 Å². The Morgan fingerprint density at radius 2 is 1.12 bits per heavy atom. The van der Waals surface area contributed by atoms with Crippen LogP contribution in [0.5, 0.6) is 5.75 Å². The zero-order valence-electron chi connectivity index (χ0n) is 61.2. The fourth-order valence-electron chi connectivity index (χ4n) is 7.75. The van der Waals surface area contributed by atoms with Crippen LogP contribution in [0.3, 0.4) is 0 Å². The number of nitrogens with one attached hydrogen (secondary N) is 3. The molecule has 0 unspecified atom stereocenters. The topological polar surface area (TPSA) is 228 Å². The Bertz CT molecular complexity index is 3580.